The summed E-state index contributed by atoms with van der Waals surface area (Å²) in [5, 5.41) is 3.14. The van der Waals surface area contributed by atoms with E-state index in [-0.39, 0.29) is 11.9 Å². The summed E-state index contributed by atoms with van der Waals surface area (Å²) in [4.78, 5) is 15.4. The van der Waals surface area contributed by atoms with Crippen LogP contribution in [0, 0.1) is 5.92 Å². The van der Waals surface area contributed by atoms with E-state index < -0.39 is 0 Å². The monoisotopic (exact) mass is 222 g/mol. The molecule has 1 aromatic rings. The first-order chi connectivity index (χ1) is 7.66. The predicted octanol–water partition coefficient (Wildman–Crippen LogP) is -0.184. The van der Waals surface area contributed by atoms with Gasteiger partial charge in [0.2, 0.25) is 5.91 Å². The number of amides is 1. The molecule has 5 heteroatoms. The van der Waals surface area contributed by atoms with Crippen LogP contribution in [0.1, 0.15) is 18.7 Å². The summed E-state index contributed by atoms with van der Waals surface area (Å²) < 4.78 is 2.03. The van der Waals surface area contributed by atoms with Gasteiger partial charge in [0.05, 0.1) is 6.04 Å². The third-order valence-corrected chi connectivity index (χ3v) is 3.25. The topological polar surface area (TPSA) is 72.9 Å². The zero-order valence-corrected chi connectivity index (χ0v) is 9.52. The molecule has 1 aliphatic rings. The zero-order valence-electron chi connectivity index (χ0n) is 9.52. The molecule has 1 amide bonds. The highest BCUT2D eigenvalue weighted by molar-refractivity contribution is 5.79. The second kappa shape index (κ2) is 4.65. The molecule has 1 saturated heterocycles. The van der Waals surface area contributed by atoms with Crippen molar-refractivity contribution in [3.05, 3.63) is 18.2 Å². The molecule has 2 unspecified atom stereocenters. The molecule has 3 N–H and O–H groups in total. The van der Waals surface area contributed by atoms with Crippen molar-refractivity contribution in [1.29, 1.82) is 0 Å². The van der Waals surface area contributed by atoms with Crippen molar-refractivity contribution in [2.75, 3.05) is 6.54 Å². The first-order valence-electron chi connectivity index (χ1n) is 5.65. The van der Waals surface area contributed by atoms with E-state index in [1.807, 2.05) is 24.0 Å². The van der Waals surface area contributed by atoms with Crippen molar-refractivity contribution in [2.24, 2.45) is 18.7 Å². The summed E-state index contributed by atoms with van der Waals surface area (Å²) in [5.74, 6) is 1.33. The van der Waals surface area contributed by atoms with Crippen LogP contribution in [0.5, 0.6) is 0 Å². The third kappa shape index (κ3) is 2.41. The summed E-state index contributed by atoms with van der Waals surface area (Å²) in [6.45, 7) is 0.864. The highest BCUT2D eigenvalue weighted by atomic mass is 16.1. The van der Waals surface area contributed by atoms with Crippen molar-refractivity contribution in [3.8, 4) is 0 Å². The van der Waals surface area contributed by atoms with Crippen LogP contribution < -0.4 is 11.1 Å². The number of aromatic nitrogens is 2. The van der Waals surface area contributed by atoms with Crippen molar-refractivity contribution in [2.45, 2.75) is 25.3 Å². The quantitative estimate of drug-likeness (QED) is 0.745. The van der Waals surface area contributed by atoms with Gasteiger partial charge in [-0.05, 0) is 25.3 Å². The molecule has 0 radical (unpaired) electrons. The fourth-order valence-electron chi connectivity index (χ4n) is 2.25. The van der Waals surface area contributed by atoms with Crippen LogP contribution in [0.4, 0.5) is 0 Å². The normalized spacial score (nSPS) is 25.6. The minimum Gasteiger partial charge on any atom is -0.368 e. The first-order valence-corrected chi connectivity index (χ1v) is 5.65. The van der Waals surface area contributed by atoms with Gasteiger partial charge >= 0.3 is 0 Å². The predicted molar refractivity (Wildman–Crippen MR) is 60.6 cm³/mol. The fourth-order valence-corrected chi connectivity index (χ4v) is 2.25. The number of nitrogens with one attached hydrogen (secondary N) is 1. The van der Waals surface area contributed by atoms with E-state index in [0.29, 0.717) is 5.92 Å². The van der Waals surface area contributed by atoms with E-state index in [9.17, 15) is 4.79 Å². The van der Waals surface area contributed by atoms with Gasteiger partial charge in [-0.2, -0.15) is 0 Å². The lowest BCUT2D eigenvalue weighted by Gasteiger charge is -2.28. The maximum Gasteiger partial charge on any atom is 0.234 e. The van der Waals surface area contributed by atoms with E-state index in [0.717, 1.165) is 31.6 Å². The minimum atomic E-state index is -0.246. The van der Waals surface area contributed by atoms with Crippen LogP contribution in [0.3, 0.4) is 0 Å². The second-order valence-electron chi connectivity index (χ2n) is 4.46. The molecule has 16 heavy (non-hydrogen) atoms. The summed E-state index contributed by atoms with van der Waals surface area (Å²) in [6.07, 6.45) is 6.58. The Kier molecular flexibility index (Phi) is 3.24. The lowest BCUT2D eigenvalue weighted by Crippen LogP contribution is -2.47. The van der Waals surface area contributed by atoms with Crippen LogP contribution in [0.25, 0.3) is 0 Å². The van der Waals surface area contributed by atoms with E-state index in [4.69, 9.17) is 5.73 Å². The van der Waals surface area contributed by atoms with Gasteiger partial charge in [-0.25, -0.2) is 4.98 Å². The smallest absolute Gasteiger partial charge is 0.234 e. The largest absolute Gasteiger partial charge is 0.368 e. The molecule has 2 atom stereocenters. The number of nitrogens with two attached hydrogens (primary N) is 1. The van der Waals surface area contributed by atoms with Gasteiger partial charge in [0.1, 0.15) is 5.82 Å². The Morgan fingerprint density at radius 3 is 3.19 bits per heavy atom. The molecular formula is C11H18N4O. The molecule has 88 valence electrons. The lowest BCUT2D eigenvalue weighted by molar-refractivity contribution is -0.120. The zero-order chi connectivity index (χ0) is 11.5. The molecule has 1 aromatic heterocycles. The second-order valence-corrected chi connectivity index (χ2v) is 4.46. The summed E-state index contributed by atoms with van der Waals surface area (Å²) >= 11 is 0. The number of piperidine rings is 1. The van der Waals surface area contributed by atoms with Gasteiger partial charge in [0.25, 0.3) is 0 Å². The average molecular weight is 222 g/mol. The lowest BCUT2D eigenvalue weighted by atomic mass is 9.89. The average Bonchev–Trinajstić information content (AvgIpc) is 2.65. The third-order valence-electron chi connectivity index (χ3n) is 3.25. The Hall–Kier alpha value is -1.36. The fraction of sp³-hybridized carbons (Fsp3) is 0.636. The van der Waals surface area contributed by atoms with Gasteiger partial charge in [-0.15, -0.1) is 0 Å². The van der Waals surface area contributed by atoms with Crippen molar-refractivity contribution >= 4 is 5.91 Å². The molecule has 2 heterocycles. The summed E-state index contributed by atoms with van der Waals surface area (Å²) in [6, 6.07) is -0.168. The Bertz CT molecular complexity index is 374. The minimum absolute atomic E-state index is 0.168. The van der Waals surface area contributed by atoms with E-state index in [1.54, 1.807) is 0 Å². The molecular weight excluding hydrogens is 204 g/mol. The molecule has 0 aromatic carbocycles. The number of carbonyl (C=O) groups excluding carboxylic acids is 1. The Balaban J connectivity index is 1.95. The number of primary amides is 1. The molecule has 2 rings (SSSR count). The molecule has 5 nitrogen and oxygen atoms in total. The molecule has 0 spiro atoms. The maximum absolute atomic E-state index is 11.1. The van der Waals surface area contributed by atoms with Crippen molar-refractivity contribution < 1.29 is 4.79 Å². The number of hydrogen-bond acceptors (Lipinski definition) is 3. The van der Waals surface area contributed by atoms with Gasteiger partial charge in [0.15, 0.2) is 0 Å². The van der Waals surface area contributed by atoms with E-state index >= 15 is 0 Å². The Morgan fingerprint density at radius 1 is 1.75 bits per heavy atom. The number of aryl methyl sites for hydroxylation is 1. The maximum atomic E-state index is 11.1. The number of imidazole rings is 1. The summed E-state index contributed by atoms with van der Waals surface area (Å²) in [7, 11) is 2.00. The van der Waals surface area contributed by atoms with Crippen LogP contribution in [0.15, 0.2) is 12.4 Å². The van der Waals surface area contributed by atoms with Crippen LogP contribution in [-0.4, -0.2) is 28.0 Å². The number of hydrogen-bond donors (Lipinski definition) is 2. The van der Waals surface area contributed by atoms with Gasteiger partial charge in [0, 0.05) is 25.9 Å². The molecule has 1 aliphatic heterocycles. The van der Waals surface area contributed by atoms with Crippen LogP contribution >= 0.6 is 0 Å². The first kappa shape index (κ1) is 11.1. The van der Waals surface area contributed by atoms with Crippen LogP contribution in [-0.2, 0) is 18.3 Å². The summed E-state index contributed by atoms with van der Waals surface area (Å²) in [5.41, 5.74) is 5.31. The number of nitrogens with zero attached hydrogens (tertiary/aromatic N) is 2. The van der Waals surface area contributed by atoms with E-state index in [2.05, 4.69) is 10.3 Å². The van der Waals surface area contributed by atoms with Gasteiger partial charge < -0.3 is 15.6 Å². The highest BCUT2D eigenvalue weighted by Crippen LogP contribution is 2.20. The SMILES string of the molecule is Cn1ccnc1CC1CCNC(C(N)=O)C1. The van der Waals surface area contributed by atoms with Crippen molar-refractivity contribution in [3.63, 3.8) is 0 Å². The van der Waals surface area contributed by atoms with Gasteiger partial charge in [-0.3, -0.25) is 4.79 Å². The Morgan fingerprint density at radius 2 is 2.56 bits per heavy atom. The molecule has 0 saturated carbocycles. The highest BCUT2D eigenvalue weighted by Gasteiger charge is 2.25. The standard InChI is InChI=1S/C11H18N4O/c1-15-5-4-14-10(15)7-8-2-3-13-9(6-8)11(12)16/h4-5,8-9,13H,2-3,6-7H2,1H3,(H2,12,16). The Labute approximate surface area is 95.0 Å². The molecule has 1 fully saturated rings. The van der Waals surface area contributed by atoms with E-state index in [1.165, 1.54) is 0 Å². The number of rotatable bonds is 3. The number of carbonyl (C=O) groups is 1. The molecule has 0 bridgehead atoms. The van der Waals surface area contributed by atoms with Gasteiger partial charge in [-0.1, -0.05) is 0 Å². The molecule has 0 aliphatic carbocycles. The van der Waals surface area contributed by atoms with Crippen molar-refractivity contribution in [1.82, 2.24) is 14.9 Å². The van der Waals surface area contributed by atoms with Crippen LogP contribution in [0.2, 0.25) is 0 Å².